The number of carbonyl (C=O) groups excluding carboxylic acids is 1. The van der Waals surface area contributed by atoms with Crippen LogP contribution in [-0.2, 0) is 11.4 Å². The quantitative estimate of drug-likeness (QED) is 0.462. The van der Waals surface area contributed by atoms with Crippen molar-refractivity contribution in [3.8, 4) is 5.75 Å². The zero-order chi connectivity index (χ0) is 19.9. The standard InChI is InChI=1S/C20H21BrN4O2S/c1-13(2)16-10-14(21)8-9-17(16)22-19(26)12-28-20-23-18(24-25-20)11-27-15-6-4-3-5-7-15/h3-10,13H,11-12H2,1-2H3,(H,22,26)(H,23,24,25). The number of H-pyrrole nitrogens is 1. The molecule has 0 unspecified atom stereocenters. The number of nitrogens with one attached hydrogen (secondary N) is 2. The predicted molar refractivity (Wildman–Crippen MR) is 115 cm³/mol. The molecule has 0 radical (unpaired) electrons. The van der Waals surface area contributed by atoms with E-state index in [1.807, 2.05) is 48.5 Å². The molecule has 0 aliphatic heterocycles. The minimum atomic E-state index is -0.0962. The number of aromatic nitrogens is 3. The maximum absolute atomic E-state index is 12.3. The Labute approximate surface area is 176 Å². The third-order valence-electron chi connectivity index (χ3n) is 3.87. The SMILES string of the molecule is CC(C)c1cc(Br)ccc1NC(=O)CSc1n[nH]c(COc2ccccc2)n1. The number of thioether (sulfide) groups is 1. The predicted octanol–water partition coefficient (Wildman–Crippen LogP) is 5.00. The summed E-state index contributed by atoms with van der Waals surface area (Å²) in [6.45, 7) is 4.48. The second kappa shape index (κ2) is 9.75. The van der Waals surface area contributed by atoms with Crippen LogP contribution in [0.2, 0.25) is 0 Å². The minimum Gasteiger partial charge on any atom is -0.486 e. The first kappa shape index (κ1) is 20.4. The first-order valence-corrected chi connectivity index (χ1v) is 10.6. The summed E-state index contributed by atoms with van der Waals surface area (Å²) < 4.78 is 6.62. The van der Waals surface area contributed by atoms with Gasteiger partial charge in [-0.1, -0.05) is 59.7 Å². The summed E-state index contributed by atoms with van der Waals surface area (Å²) in [4.78, 5) is 16.7. The lowest BCUT2D eigenvalue weighted by molar-refractivity contribution is -0.113. The molecule has 3 aromatic rings. The molecule has 2 aromatic carbocycles. The van der Waals surface area contributed by atoms with Gasteiger partial charge in [0.2, 0.25) is 11.1 Å². The van der Waals surface area contributed by atoms with Crippen LogP contribution in [-0.4, -0.2) is 26.8 Å². The minimum absolute atomic E-state index is 0.0962. The molecule has 28 heavy (non-hydrogen) atoms. The zero-order valence-electron chi connectivity index (χ0n) is 15.6. The van der Waals surface area contributed by atoms with Gasteiger partial charge < -0.3 is 10.1 Å². The Kier molecular flexibility index (Phi) is 7.11. The van der Waals surface area contributed by atoms with E-state index in [2.05, 4.69) is 50.3 Å². The van der Waals surface area contributed by atoms with Crippen LogP contribution in [0.4, 0.5) is 5.69 Å². The summed E-state index contributed by atoms with van der Waals surface area (Å²) in [6, 6.07) is 15.4. The van der Waals surface area contributed by atoms with Gasteiger partial charge in [0.15, 0.2) is 5.82 Å². The average molecular weight is 461 g/mol. The largest absolute Gasteiger partial charge is 0.486 e. The van der Waals surface area contributed by atoms with Crippen molar-refractivity contribution in [1.82, 2.24) is 15.2 Å². The molecular weight excluding hydrogens is 440 g/mol. The number of rotatable bonds is 8. The van der Waals surface area contributed by atoms with Crippen LogP contribution in [0.25, 0.3) is 0 Å². The van der Waals surface area contributed by atoms with E-state index >= 15 is 0 Å². The summed E-state index contributed by atoms with van der Waals surface area (Å²) in [5, 5.41) is 10.4. The van der Waals surface area contributed by atoms with Crippen molar-refractivity contribution < 1.29 is 9.53 Å². The van der Waals surface area contributed by atoms with E-state index in [-0.39, 0.29) is 11.7 Å². The van der Waals surface area contributed by atoms with Crippen LogP contribution in [0.5, 0.6) is 5.75 Å². The van der Waals surface area contributed by atoms with E-state index in [0.717, 1.165) is 21.5 Å². The monoisotopic (exact) mass is 460 g/mol. The van der Waals surface area contributed by atoms with Crippen LogP contribution in [0.15, 0.2) is 58.2 Å². The molecule has 6 nitrogen and oxygen atoms in total. The van der Waals surface area contributed by atoms with E-state index in [1.165, 1.54) is 11.8 Å². The maximum Gasteiger partial charge on any atom is 0.234 e. The summed E-state index contributed by atoms with van der Waals surface area (Å²) >= 11 is 4.75. The summed E-state index contributed by atoms with van der Waals surface area (Å²) in [7, 11) is 0. The van der Waals surface area contributed by atoms with Gasteiger partial charge in [-0.2, -0.15) is 0 Å². The average Bonchev–Trinajstić information content (AvgIpc) is 3.15. The molecule has 0 atom stereocenters. The van der Waals surface area contributed by atoms with Gasteiger partial charge in [0.1, 0.15) is 12.4 Å². The summed E-state index contributed by atoms with van der Waals surface area (Å²) in [5.74, 6) is 1.82. The number of hydrogen-bond acceptors (Lipinski definition) is 5. The van der Waals surface area contributed by atoms with Gasteiger partial charge in [0.05, 0.1) is 5.75 Å². The normalized spacial score (nSPS) is 10.9. The van der Waals surface area contributed by atoms with Gasteiger partial charge in [-0.05, 0) is 41.8 Å². The Morgan fingerprint density at radius 1 is 1.25 bits per heavy atom. The molecule has 2 N–H and O–H groups in total. The fourth-order valence-corrected chi connectivity index (χ4v) is 3.51. The Balaban J connectivity index is 1.51. The highest BCUT2D eigenvalue weighted by atomic mass is 79.9. The lowest BCUT2D eigenvalue weighted by Gasteiger charge is -2.14. The molecular formula is C20H21BrN4O2S. The molecule has 1 aromatic heterocycles. The number of aromatic amines is 1. The van der Waals surface area contributed by atoms with E-state index < -0.39 is 0 Å². The number of benzene rings is 2. The van der Waals surface area contributed by atoms with Crippen LogP contribution in [0.1, 0.15) is 31.2 Å². The van der Waals surface area contributed by atoms with Crippen molar-refractivity contribution in [2.24, 2.45) is 0 Å². The fraction of sp³-hybridized carbons (Fsp3) is 0.250. The second-order valence-electron chi connectivity index (χ2n) is 6.39. The molecule has 146 valence electrons. The van der Waals surface area contributed by atoms with Crippen molar-refractivity contribution in [2.75, 3.05) is 11.1 Å². The van der Waals surface area contributed by atoms with Gasteiger partial charge in [-0.25, -0.2) is 4.98 Å². The summed E-state index contributed by atoms with van der Waals surface area (Å²) in [5.41, 5.74) is 1.92. The van der Waals surface area contributed by atoms with Crippen molar-refractivity contribution in [3.63, 3.8) is 0 Å². The molecule has 8 heteroatoms. The van der Waals surface area contributed by atoms with Crippen LogP contribution >= 0.6 is 27.7 Å². The number of ether oxygens (including phenoxy) is 1. The number of amides is 1. The lowest BCUT2D eigenvalue weighted by atomic mass is 10.0. The fourth-order valence-electron chi connectivity index (χ4n) is 2.52. The zero-order valence-corrected chi connectivity index (χ0v) is 18.0. The number of halogens is 1. The third kappa shape index (κ3) is 5.84. The highest BCUT2D eigenvalue weighted by molar-refractivity contribution is 9.10. The van der Waals surface area contributed by atoms with Gasteiger partial charge in [0.25, 0.3) is 0 Å². The first-order chi connectivity index (χ1) is 13.5. The number of hydrogen-bond donors (Lipinski definition) is 2. The van der Waals surface area contributed by atoms with Gasteiger partial charge in [0, 0.05) is 10.2 Å². The number of anilines is 1. The van der Waals surface area contributed by atoms with Gasteiger partial charge in [-0.15, -0.1) is 5.10 Å². The molecule has 0 spiro atoms. The third-order valence-corrected chi connectivity index (χ3v) is 5.21. The van der Waals surface area contributed by atoms with Gasteiger partial charge in [-0.3, -0.25) is 9.89 Å². The Morgan fingerprint density at radius 2 is 2.04 bits per heavy atom. The molecule has 3 rings (SSSR count). The molecule has 0 aliphatic rings. The maximum atomic E-state index is 12.3. The molecule has 0 bridgehead atoms. The van der Waals surface area contributed by atoms with E-state index in [9.17, 15) is 4.79 Å². The lowest BCUT2D eigenvalue weighted by Crippen LogP contribution is -2.15. The summed E-state index contributed by atoms with van der Waals surface area (Å²) in [6.07, 6.45) is 0. The van der Waals surface area contributed by atoms with E-state index in [0.29, 0.717) is 23.5 Å². The van der Waals surface area contributed by atoms with Crippen LogP contribution in [0.3, 0.4) is 0 Å². The second-order valence-corrected chi connectivity index (χ2v) is 8.25. The Morgan fingerprint density at radius 3 is 2.79 bits per heavy atom. The molecule has 0 saturated carbocycles. The molecule has 1 heterocycles. The van der Waals surface area contributed by atoms with Crippen molar-refractivity contribution in [2.45, 2.75) is 31.5 Å². The Bertz CT molecular complexity index is 931. The van der Waals surface area contributed by atoms with Crippen molar-refractivity contribution >= 4 is 39.3 Å². The molecule has 0 fully saturated rings. The molecule has 1 amide bonds. The number of para-hydroxylation sites is 1. The molecule has 0 aliphatic carbocycles. The van der Waals surface area contributed by atoms with Crippen LogP contribution in [0, 0.1) is 0 Å². The van der Waals surface area contributed by atoms with Gasteiger partial charge >= 0.3 is 0 Å². The number of nitrogens with zero attached hydrogens (tertiary/aromatic N) is 2. The van der Waals surface area contributed by atoms with Crippen molar-refractivity contribution in [3.05, 3.63) is 64.4 Å². The molecule has 0 saturated heterocycles. The number of carbonyl (C=O) groups is 1. The van der Waals surface area contributed by atoms with E-state index in [1.54, 1.807) is 0 Å². The van der Waals surface area contributed by atoms with Crippen LogP contribution < -0.4 is 10.1 Å². The topological polar surface area (TPSA) is 79.9 Å². The highest BCUT2D eigenvalue weighted by Crippen LogP contribution is 2.28. The smallest absolute Gasteiger partial charge is 0.234 e. The Hall–Kier alpha value is -2.32. The van der Waals surface area contributed by atoms with Crippen molar-refractivity contribution in [1.29, 1.82) is 0 Å². The van der Waals surface area contributed by atoms with E-state index in [4.69, 9.17) is 4.74 Å². The first-order valence-electron chi connectivity index (χ1n) is 8.82. The highest BCUT2D eigenvalue weighted by Gasteiger charge is 2.12.